The molecule has 0 spiro atoms. The van der Waals surface area contributed by atoms with Crippen molar-refractivity contribution in [3.05, 3.63) is 46.5 Å². The summed E-state index contributed by atoms with van der Waals surface area (Å²) in [5.74, 6) is -1.09. The van der Waals surface area contributed by atoms with Crippen LogP contribution in [0.3, 0.4) is 0 Å². The first kappa shape index (κ1) is 21.4. The molecular weight excluding hydrogens is 389 g/mol. The van der Waals surface area contributed by atoms with E-state index >= 15 is 0 Å². The number of rotatable bonds is 7. The molecule has 146 valence electrons. The third kappa shape index (κ3) is 5.30. The molecule has 0 N–H and O–H groups in total. The number of Topliss-reactive ketones (excluding diaryl/α,β-unsaturated/α-hetero) is 1. The summed E-state index contributed by atoms with van der Waals surface area (Å²) in [5.41, 5.74) is -0.0326. The first-order chi connectivity index (χ1) is 12.6. The molecule has 1 heterocycles. The summed E-state index contributed by atoms with van der Waals surface area (Å²) < 4.78 is 6.60. The van der Waals surface area contributed by atoms with Crippen molar-refractivity contribution in [3.8, 4) is 0 Å². The standard InChI is InChI=1S/C19H23Cl2N3O3/c1-5-27-16(25)9-14(13-7-6-12(20)8-15(13)21)17(18(26)19(2,3)4)24-11-22-10-23-24/h6-8,10-11,14,17H,5,9H2,1-4H3. The van der Waals surface area contributed by atoms with E-state index < -0.39 is 23.3 Å². The highest BCUT2D eigenvalue weighted by Gasteiger charge is 2.39. The number of ether oxygens (including phenoxy) is 1. The molecular formula is C19H23Cl2N3O3. The highest BCUT2D eigenvalue weighted by molar-refractivity contribution is 6.35. The van der Waals surface area contributed by atoms with Crippen LogP contribution >= 0.6 is 23.2 Å². The average molecular weight is 412 g/mol. The van der Waals surface area contributed by atoms with Gasteiger partial charge in [-0.05, 0) is 24.6 Å². The minimum absolute atomic E-state index is 0.0263. The number of benzene rings is 1. The molecule has 6 nitrogen and oxygen atoms in total. The second-order valence-corrected chi connectivity index (χ2v) is 8.06. The van der Waals surface area contributed by atoms with Gasteiger partial charge in [0, 0.05) is 21.4 Å². The number of aromatic nitrogens is 3. The minimum Gasteiger partial charge on any atom is -0.466 e. The van der Waals surface area contributed by atoms with Crippen LogP contribution in [0.25, 0.3) is 0 Å². The lowest BCUT2D eigenvalue weighted by Crippen LogP contribution is -2.36. The van der Waals surface area contributed by atoms with Gasteiger partial charge in [-0.1, -0.05) is 50.0 Å². The Labute approximate surface area is 168 Å². The zero-order valence-corrected chi connectivity index (χ0v) is 17.3. The van der Waals surface area contributed by atoms with Crippen molar-refractivity contribution in [3.63, 3.8) is 0 Å². The summed E-state index contributed by atoms with van der Waals surface area (Å²) in [6.07, 6.45) is 2.80. The molecule has 0 aliphatic heterocycles. The Morgan fingerprint density at radius 2 is 1.96 bits per heavy atom. The Balaban J connectivity index is 2.59. The van der Waals surface area contributed by atoms with Gasteiger partial charge in [0.15, 0.2) is 5.78 Å². The van der Waals surface area contributed by atoms with Crippen LogP contribution < -0.4 is 0 Å². The molecule has 2 unspecified atom stereocenters. The van der Waals surface area contributed by atoms with E-state index in [1.165, 1.54) is 17.3 Å². The van der Waals surface area contributed by atoms with E-state index in [0.29, 0.717) is 15.6 Å². The molecule has 0 aliphatic rings. The molecule has 1 aromatic heterocycles. The van der Waals surface area contributed by atoms with Crippen LogP contribution in [0.5, 0.6) is 0 Å². The lowest BCUT2D eigenvalue weighted by Gasteiger charge is -2.31. The van der Waals surface area contributed by atoms with E-state index in [0.717, 1.165) is 0 Å². The first-order valence-corrected chi connectivity index (χ1v) is 9.39. The summed E-state index contributed by atoms with van der Waals surface area (Å²) in [4.78, 5) is 29.6. The minimum atomic E-state index is -0.768. The largest absolute Gasteiger partial charge is 0.466 e. The monoisotopic (exact) mass is 411 g/mol. The number of halogens is 2. The Kier molecular flexibility index (Phi) is 7.00. The molecule has 8 heteroatoms. The van der Waals surface area contributed by atoms with Crippen LogP contribution in [0.4, 0.5) is 0 Å². The molecule has 0 saturated carbocycles. The smallest absolute Gasteiger partial charge is 0.306 e. The van der Waals surface area contributed by atoms with E-state index in [1.807, 2.05) is 20.8 Å². The van der Waals surface area contributed by atoms with Crippen LogP contribution in [0, 0.1) is 5.41 Å². The Morgan fingerprint density at radius 1 is 1.26 bits per heavy atom. The van der Waals surface area contributed by atoms with E-state index in [9.17, 15) is 9.59 Å². The van der Waals surface area contributed by atoms with Crippen LogP contribution in [-0.4, -0.2) is 33.1 Å². The summed E-state index contributed by atoms with van der Waals surface area (Å²) in [7, 11) is 0. The molecule has 27 heavy (non-hydrogen) atoms. The maximum absolute atomic E-state index is 13.3. The van der Waals surface area contributed by atoms with E-state index in [4.69, 9.17) is 27.9 Å². The second kappa shape index (κ2) is 8.85. The molecule has 0 fully saturated rings. The van der Waals surface area contributed by atoms with Gasteiger partial charge < -0.3 is 4.74 Å². The zero-order chi connectivity index (χ0) is 20.2. The van der Waals surface area contributed by atoms with Gasteiger partial charge in [0.2, 0.25) is 0 Å². The van der Waals surface area contributed by atoms with Crippen molar-refractivity contribution in [1.29, 1.82) is 0 Å². The molecule has 2 atom stereocenters. The fourth-order valence-electron chi connectivity index (χ4n) is 2.89. The number of nitrogens with zero attached hydrogens (tertiary/aromatic N) is 3. The normalized spacial score (nSPS) is 13.9. The van der Waals surface area contributed by atoms with Crippen molar-refractivity contribution in [2.45, 2.75) is 46.1 Å². The summed E-state index contributed by atoms with van der Waals surface area (Å²) in [6.45, 7) is 7.46. The zero-order valence-electron chi connectivity index (χ0n) is 15.8. The molecule has 0 radical (unpaired) electrons. The highest BCUT2D eigenvalue weighted by atomic mass is 35.5. The van der Waals surface area contributed by atoms with Crippen molar-refractivity contribution in [1.82, 2.24) is 14.8 Å². The topological polar surface area (TPSA) is 74.1 Å². The third-order valence-electron chi connectivity index (χ3n) is 4.16. The Hall–Kier alpha value is -1.92. The van der Waals surface area contributed by atoms with Gasteiger partial charge in [0.25, 0.3) is 0 Å². The number of ketones is 1. The number of carbonyl (C=O) groups excluding carboxylic acids is 2. The van der Waals surface area contributed by atoms with Crippen LogP contribution in [0.15, 0.2) is 30.9 Å². The number of esters is 1. The fourth-order valence-corrected chi connectivity index (χ4v) is 3.43. The quantitative estimate of drug-likeness (QED) is 0.627. The molecule has 2 rings (SSSR count). The van der Waals surface area contributed by atoms with Crippen molar-refractivity contribution in [2.24, 2.45) is 5.41 Å². The maximum atomic E-state index is 13.3. The lowest BCUT2D eigenvalue weighted by molar-refractivity contribution is -0.144. The Bertz CT molecular complexity index is 801. The first-order valence-electron chi connectivity index (χ1n) is 8.64. The third-order valence-corrected chi connectivity index (χ3v) is 4.73. The molecule has 1 aromatic carbocycles. The summed E-state index contributed by atoms with van der Waals surface area (Å²) >= 11 is 12.4. The van der Waals surface area contributed by atoms with Crippen molar-refractivity contribution in [2.75, 3.05) is 6.61 Å². The lowest BCUT2D eigenvalue weighted by atomic mass is 9.78. The Morgan fingerprint density at radius 3 is 2.48 bits per heavy atom. The van der Waals surface area contributed by atoms with Crippen LogP contribution in [-0.2, 0) is 14.3 Å². The van der Waals surface area contributed by atoms with Crippen molar-refractivity contribution >= 4 is 35.0 Å². The van der Waals surface area contributed by atoms with E-state index in [2.05, 4.69) is 10.1 Å². The van der Waals surface area contributed by atoms with Crippen LogP contribution in [0.2, 0.25) is 10.0 Å². The van der Waals surface area contributed by atoms with Gasteiger partial charge in [-0.2, -0.15) is 5.10 Å². The predicted octanol–water partition coefficient (Wildman–Crippen LogP) is 4.48. The van der Waals surface area contributed by atoms with Gasteiger partial charge in [-0.3, -0.25) is 9.59 Å². The summed E-state index contributed by atoms with van der Waals surface area (Å²) in [6, 6.07) is 4.24. The molecule has 0 saturated heterocycles. The number of hydrogen-bond donors (Lipinski definition) is 0. The van der Waals surface area contributed by atoms with Gasteiger partial charge >= 0.3 is 5.97 Å². The van der Waals surface area contributed by atoms with Gasteiger partial charge in [0.1, 0.15) is 18.7 Å². The SMILES string of the molecule is CCOC(=O)CC(c1ccc(Cl)cc1Cl)C(C(=O)C(C)(C)C)n1cncn1. The highest BCUT2D eigenvalue weighted by Crippen LogP contribution is 2.40. The van der Waals surface area contributed by atoms with Gasteiger partial charge in [-0.25, -0.2) is 9.67 Å². The van der Waals surface area contributed by atoms with E-state index in [-0.39, 0.29) is 18.8 Å². The number of carbonyl (C=O) groups is 2. The fraction of sp³-hybridized carbons (Fsp3) is 0.474. The molecule has 2 aromatic rings. The predicted molar refractivity (Wildman–Crippen MR) is 104 cm³/mol. The van der Waals surface area contributed by atoms with Crippen molar-refractivity contribution < 1.29 is 14.3 Å². The molecule has 0 amide bonds. The average Bonchev–Trinajstić information content (AvgIpc) is 3.08. The van der Waals surface area contributed by atoms with Crippen LogP contribution in [0.1, 0.15) is 51.6 Å². The maximum Gasteiger partial charge on any atom is 0.306 e. The van der Waals surface area contributed by atoms with Gasteiger partial charge in [-0.15, -0.1) is 0 Å². The number of hydrogen-bond acceptors (Lipinski definition) is 5. The second-order valence-electron chi connectivity index (χ2n) is 7.22. The molecule has 0 bridgehead atoms. The van der Waals surface area contributed by atoms with E-state index in [1.54, 1.807) is 25.1 Å². The molecule has 0 aliphatic carbocycles. The summed E-state index contributed by atoms with van der Waals surface area (Å²) in [5, 5.41) is 5.01. The van der Waals surface area contributed by atoms with Gasteiger partial charge in [0.05, 0.1) is 13.0 Å².